The predicted octanol–water partition coefficient (Wildman–Crippen LogP) is 4.34. The van der Waals surface area contributed by atoms with Crippen LogP contribution >= 0.6 is 35.4 Å². The molecule has 3 aromatic rings. The highest BCUT2D eigenvalue weighted by atomic mass is 35.5. The van der Waals surface area contributed by atoms with E-state index in [4.69, 9.17) is 40.2 Å². The average molecular weight is 502 g/mol. The van der Waals surface area contributed by atoms with E-state index in [1.807, 2.05) is 24.3 Å². The van der Waals surface area contributed by atoms with Gasteiger partial charge in [-0.1, -0.05) is 47.5 Å². The molecular formula is C23H17Cl2N3O4S. The Morgan fingerprint density at radius 3 is 2.67 bits per heavy atom. The first kappa shape index (κ1) is 23.0. The molecule has 1 aliphatic rings. The lowest BCUT2D eigenvalue weighted by Gasteiger charge is -2.29. The van der Waals surface area contributed by atoms with Crippen LogP contribution in [0.5, 0.6) is 0 Å². The standard InChI is InChI=1S/C23H17Cl2N3O4S/c1-2-32-19(29)12-27-11-13(14-6-3-4-8-17(14)27)10-15-21(30)26-23(33)28(22(15)31)18-9-5-7-16(24)20(18)25/h3-11H,2,12H2,1H3,(H,26,30,33)/b15-10+. The molecule has 0 saturated carbocycles. The number of hydrogen-bond donors (Lipinski definition) is 1. The minimum absolute atomic E-state index is 0.00793. The Bertz CT molecular complexity index is 1350. The van der Waals surface area contributed by atoms with Crippen molar-refractivity contribution in [2.24, 2.45) is 0 Å². The number of anilines is 1. The minimum Gasteiger partial charge on any atom is -0.465 e. The molecule has 10 heteroatoms. The summed E-state index contributed by atoms with van der Waals surface area (Å²) in [5.41, 5.74) is 1.46. The number of nitrogens with zero attached hydrogens (tertiary/aromatic N) is 2. The SMILES string of the molecule is CCOC(=O)Cn1cc(/C=C2\C(=O)NC(=S)N(c3cccc(Cl)c3Cl)C2=O)c2ccccc21. The Labute approximate surface area is 204 Å². The summed E-state index contributed by atoms with van der Waals surface area (Å²) in [7, 11) is 0. The van der Waals surface area contributed by atoms with E-state index in [9.17, 15) is 14.4 Å². The van der Waals surface area contributed by atoms with Gasteiger partial charge < -0.3 is 9.30 Å². The van der Waals surface area contributed by atoms with Crippen LogP contribution in [0.15, 0.2) is 54.2 Å². The van der Waals surface area contributed by atoms with Crippen molar-refractivity contribution in [3.05, 3.63) is 69.8 Å². The molecule has 1 saturated heterocycles. The number of hydrogen-bond acceptors (Lipinski definition) is 5. The lowest BCUT2D eigenvalue weighted by Crippen LogP contribution is -2.54. The Hall–Kier alpha value is -3.20. The van der Waals surface area contributed by atoms with Crippen molar-refractivity contribution in [3.8, 4) is 0 Å². The smallest absolute Gasteiger partial charge is 0.325 e. The van der Waals surface area contributed by atoms with Crippen molar-refractivity contribution in [3.63, 3.8) is 0 Å². The highest BCUT2D eigenvalue weighted by Gasteiger charge is 2.36. The molecular weight excluding hydrogens is 485 g/mol. The summed E-state index contributed by atoms with van der Waals surface area (Å²) < 4.78 is 6.76. The molecule has 0 atom stereocenters. The fourth-order valence-corrected chi connectivity index (χ4v) is 4.22. The molecule has 33 heavy (non-hydrogen) atoms. The van der Waals surface area contributed by atoms with Crippen molar-refractivity contribution < 1.29 is 19.1 Å². The molecule has 1 aliphatic heterocycles. The zero-order chi connectivity index (χ0) is 23.7. The van der Waals surface area contributed by atoms with Crippen LogP contribution < -0.4 is 10.2 Å². The number of amides is 2. The van der Waals surface area contributed by atoms with E-state index in [-0.39, 0.29) is 39.6 Å². The highest BCUT2D eigenvalue weighted by molar-refractivity contribution is 7.80. The zero-order valence-electron chi connectivity index (χ0n) is 17.3. The first-order valence-corrected chi connectivity index (χ1v) is 11.1. The van der Waals surface area contributed by atoms with Gasteiger partial charge in [0.1, 0.15) is 12.1 Å². The van der Waals surface area contributed by atoms with Crippen LogP contribution in [-0.2, 0) is 25.7 Å². The van der Waals surface area contributed by atoms with Crippen LogP contribution in [0.25, 0.3) is 17.0 Å². The van der Waals surface area contributed by atoms with E-state index < -0.39 is 17.8 Å². The summed E-state index contributed by atoms with van der Waals surface area (Å²) in [5.74, 6) is -1.67. The van der Waals surface area contributed by atoms with Crippen LogP contribution in [0.4, 0.5) is 5.69 Å². The third-order valence-electron chi connectivity index (χ3n) is 5.00. The summed E-state index contributed by atoms with van der Waals surface area (Å²) >= 11 is 17.6. The topological polar surface area (TPSA) is 80.6 Å². The molecule has 4 rings (SSSR count). The van der Waals surface area contributed by atoms with Gasteiger partial charge in [0, 0.05) is 22.7 Å². The largest absolute Gasteiger partial charge is 0.465 e. The fraction of sp³-hybridized carbons (Fsp3) is 0.130. The van der Waals surface area contributed by atoms with E-state index in [1.54, 1.807) is 35.9 Å². The van der Waals surface area contributed by atoms with E-state index in [1.165, 1.54) is 6.08 Å². The summed E-state index contributed by atoms with van der Waals surface area (Å²) in [5, 5.41) is 3.56. The molecule has 168 valence electrons. The second-order valence-electron chi connectivity index (χ2n) is 7.07. The van der Waals surface area contributed by atoms with Crippen molar-refractivity contribution in [1.82, 2.24) is 9.88 Å². The molecule has 0 spiro atoms. The van der Waals surface area contributed by atoms with Gasteiger partial charge in [-0.3, -0.25) is 24.6 Å². The number of nitrogens with one attached hydrogen (secondary N) is 1. The number of benzene rings is 2. The van der Waals surface area contributed by atoms with Gasteiger partial charge in [0.15, 0.2) is 5.11 Å². The molecule has 0 bridgehead atoms. The fourth-order valence-electron chi connectivity index (χ4n) is 3.56. The average Bonchev–Trinajstić information content (AvgIpc) is 3.11. The molecule has 2 heterocycles. The van der Waals surface area contributed by atoms with Crippen molar-refractivity contribution in [2.45, 2.75) is 13.5 Å². The third kappa shape index (κ3) is 4.37. The van der Waals surface area contributed by atoms with Gasteiger partial charge in [0.05, 0.1) is 22.3 Å². The van der Waals surface area contributed by atoms with E-state index in [2.05, 4.69) is 5.32 Å². The summed E-state index contributed by atoms with van der Waals surface area (Å²) in [6.45, 7) is 1.99. The maximum atomic E-state index is 13.3. The van der Waals surface area contributed by atoms with Crippen molar-refractivity contribution in [2.75, 3.05) is 11.5 Å². The zero-order valence-corrected chi connectivity index (χ0v) is 19.6. The molecule has 1 N–H and O–H groups in total. The van der Waals surface area contributed by atoms with E-state index >= 15 is 0 Å². The molecule has 2 aromatic carbocycles. The van der Waals surface area contributed by atoms with Crippen LogP contribution in [0.2, 0.25) is 10.0 Å². The number of esters is 1. The summed E-state index contributed by atoms with van der Waals surface area (Å²) in [4.78, 5) is 39.2. The maximum absolute atomic E-state index is 13.3. The number of aromatic nitrogens is 1. The Morgan fingerprint density at radius 2 is 1.91 bits per heavy atom. The van der Waals surface area contributed by atoms with Gasteiger partial charge in [0.25, 0.3) is 11.8 Å². The van der Waals surface area contributed by atoms with Gasteiger partial charge in [-0.2, -0.15) is 0 Å². The maximum Gasteiger partial charge on any atom is 0.325 e. The van der Waals surface area contributed by atoms with E-state index in [0.717, 1.165) is 15.8 Å². The van der Waals surface area contributed by atoms with E-state index in [0.29, 0.717) is 5.56 Å². The van der Waals surface area contributed by atoms with Gasteiger partial charge in [-0.15, -0.1) is 0 Å². The second-order valence-corrected chi connectivity index (χ2v) is 8.24. The third-order valence-corrected chi connectivity index (χ3v) is 6.09. The van der Waals surface area contributed by atoms with Crippen molar-refractivity contribution in [1.29, 1.82) is 0 Å². The number of carbonyl (C=O) groups excluding carboxylic acids is 3. The first-order valence-electron chi connectivity index (χ1n) is 9.90. The predicted molar refractivity (Wildman–Crippen MR) is 131 cm³/mol. The number of halogens is 2. The summed E-state index contributed by atoms with van der Waals surface area (Å²) in [6, 6.07) is 12.1. The van der Waals surface area contributed by atoms with Gasteiger partial charge >= 0.3 is 5.97 Å². The normalized spacial score (nSPS) is 15.3. The Balaban J connectivity index is 1.79. The monoisotopic (exact) mass is 501 g/mol. The van der Waals surface area contributed by atoms with Crippen molar-refractivity contribution >= 4 is 81.0 Å². The molecule has 1 fully saturated rings. The molecule has 0 unspecified atom stereocenters. The molecule has 7 nitrogen and oxygen atoms in total. The second kappa shape index (κ2) is 9.35. The molecule has 0 aliphatic carbocycles. The number of thiocarbonyl (C=S) groups is 1. The molecule has 0 radical (unpaired) electrons. The van der Waals surface area contributed by atoms with Crippen LogP contribution in [0, 0.1) is 0 Å². The molecule has 1 aromatic heterocycles. The van der Waals surface area contributed by atoms with Crippen LogP contribution in [0.1, 0.15) is 12.5 Å². The Morgan fingerprint density at radius 1 is 1.15 bits per heavy atom. The van der Waals surface area contributed by atoms with Crippen LogP contribution in [-0.4, -0.2) is 34.1 Å². The van der Waals surface area contributed by atoms with Gasteiger partial charge in [-0.25, -0.2) is 0 Å². The number of ether oxygens (including phenoxy) is 1. The number of rotatable bonds is 5. The highest BCUT2D eigenvalue weighted by Crippen LogP contribution is 2.34. The number of para-hydroxylation sites is 1. The number of carbonyl (C=O) groups is 3. The first-order chi connectivity index (χ1) is 15.8. The summed E-state index contributed by atoms with van der Waals surface area (Å²) in [6.07, 6.45) is 3.16. The van der Waals surface area contributed by atoms with Crippen LogP contribution in [0.3, 0.4) is 0 Å². The van der Waals surface area contributed by atoms with Gasteiger partial charge in [-0.05, 0) is 43.4 Å². The quantitative estimate of drug-likeness (QED) is 0.243. The Kier molecular flexibility index (Phi) is 6.51. The minimum atomic E-state index is -0.643. The van der Waals surface area contributed by atoms with Gasteiger partial charge in [0.2, 0.25) is 0 Å². The lowest BCUT2D eigenvalue weighted by atomic mass is 10.1. The lowest BCUT2D eigenvalue weighted by molar-refractivity contribution is -0.143. The molecule has 2 amide bonds. The number of fused-ring (bicyclic) bond motifs is 1.